The number of nitrogens with zero attached hydrogens (tertiary/aromatic N) is 3. The maximum absolute atomic E-state index is 12.1. The molecule has 0 aromatic carbocycles. The molecule has 0 unspecified atom stereocenters. The minimum Gasteiger partial charge on any atom is -0.314 e. The summed E-state index contributed by atoms with van der Waals surface area (Å²) in [5.41, 5.74) is 0.648. The molecule has 0 amide bonds. The van der Waals surface area contributed by atoms with E-state index in [0.29, 0.717) is 12.2 Å². The molecular formula is C11H23Cl2N5O2S. The lowest BCUT2D eigenvalue weighted by Gasteiger charge is -2.27. The highest BCUT2D eigenvalue weighted by molar-refractivity contribution is 7.89. The minimum absolute atomic E-state index is 0. The van der Waals surface area contributed by atoms with Crippen molar-refractivity contribution in [2.45, 2.75) is 11.8 Å². The molecule has 1 aliphatic heterocycles. The van der Waals surface area contributed by atoms with E-state index in [1.54, 1.807) is 18.7 Å². The van der Waals surface area contributed by atoms with E-state index in [4.69, 9.17) is 0 Å². The summed E-state index contributed by atoms with van der Waals surface area (Å²) in [6.45, 7) is 6.78. The fourth-order valence-corrected chi connectivity index (χ4v) is 3.32. The van der Waals surface area contributed by atoms with Gasteiger partial charge in [0.1, 0.15) is 4.90 Å². The van der Waals surface area contributed by atoms with Crippen molar-refractivity contribution in [3.8, 4) is 0 Å². The van der Waals surface area contributed by atoms with Crippen LogP contribution in [0.5, 0.6) is 0 Å². The number of hydrogen-bond donors (Lipinski definition) is 2. The zero-order valence-electron chi connectivity index (χ0n) is 12.2. The van der Waals surface area contributed by atoms with Gasteiger partial charge in [0, 0.05) is 46.3 Å². The highest BCUT2D eigenvalue weighted by Crippen LogP contribution is 2.12. The van der Waals surface area contributed by atoms with Gasteiger partial charge in [-0.15, -0.1) is 24.8 Å². The van der Waals surface area contributed by atoms with Crippen molar-refractivity contribution >= 4 is 34.8 Å². The standard InChI is InChI=1S/C11H21N5O2S.2ClH/c1-10-11(9-13-15(10)2)19(17,18)14-5-8-16-6-3-12-4-7-16;;/h9,12,14H,3-8H2,1-2H3;2*1H. The van der Waals surface area contributed by atoms with Gasteiger partial charge in [-0.1, -0.05) is 0 Å². The van der Waals surface area contributed by atoms with E-state index in [9.17, 15) is 8.42 Å². The number of hydrogen-bond acceptors (Lipinski definition) is 5. The average molecular weight is 360 g/mol. The highest BCUT2D eigenvalue weighted by atomic mass is 35.5. The second-order valence-electron chi connectivity index (χ2n) is 4.71. The molecule has 0 spiro atoms. The number of aryl methyl sites for hydroxylation is 1. The maximum atomic E-state index is 12.1. The third-order valence-electron chi connectivity index (χ3n) is 3.41. The molecule has 10 heteroatoms. The van der Waals surface area contributed by atoms with Crippen LogP contribution in [0, 0.1) is 6.92 Å². The lowest BCUT2D eigenvalue weighted by Crippen LogP contribution is -2.46. The highest BCUT2D eigenvalue weighted by Gasteiger charge is 2.20. The molecule has 1 fully saturated rings. The average Bonchev–Trinajstić information content (AvgIpc) is 2.72. The van der Waals surface area contributed by atoms with E-state index < -0.39 is 10.0 Å². The molecular weight excluding hydrogens is 337 g/mol. The molecule has 1 aromatic heterocycles. The van der Waals surface area contributed by atoms with E-state index in [0.717, 1.165) is 32.7 Å². The third kappa shape index (κ3) is 5.39. The van der Waals surface area contributed by atoms with Crippen molar-refractivity contribution < 1.29 is 8.42 Å². The fraction of sp³-hybridized carbons (Fsp3) is 0.727. The van der Waals surface area contributed by atoms with Gasteiger partial charge in [-0.3, -0.25) is 9.58 Å². The van der Waals surface area contributed by atoms with Gasteiger partial charge in [0.15, 0.2) is 0 Å². The van der Waals surface area contributed by atoms with Gasteiger partial charge in [-0.05, 0) is 6.92 Å². The molecule has 1 saturated heterocycles. The van der Waals surface area contributed by atoms with E-state index >= 15 is 0 Å². The Morgan fingerprint density at radius 3 is 2.48 bits per heavy atom. The number of halogens is 2. The second-order valence-corrected chi connectivity index (χ2v) is 6.44. The van der Waals surface area contributed by atoms with Gasteiger partial charge < -0.3 is 5.32 Å². The second kappa shape index (κ2) is 8.92. The minimum atomic E-state index is -3.45. The van der Waals surface area contributed by atoms with Gasteiger partial charge in [-0.25, -0.2) is 13.1 Å². The number of piperazine rings is 1. The molecule has 124 valence electrons. The summed E-state index contributed by atoms with van der Waals surface area (Å²) in [5, 5.41) is 7.23. The van der Waals surface area contributed by atoms with Crippen molar-refractivity contribution in [1.82, 2.24) is 24.7 Å². The Morgan fingerprint density at radius 1 is 1.33 bits per heavy atom. The Balaban J connectivity index is 0.00000200. The van der Waals surface area contributed by atoms with Gasteiger partial charge in [0.2, 0.25) is 10.0 Å². The monoisotopic (exact) mass is 359 g/mol. The molecule has 0 atom stereocenters. The van der Waals surface area contributed by atoms with Crippen LogP contribution in [0.3, 0.4) is 0 Å². The molecule has 1 aliphatic rings. The largest absolute Gasteiger partial charge is 0.314 e. The number of sulfonamides is 1. The first-order valence-corrected chi connectivity index (χ1v) is 7.90. The Morgan fingerprint density at radius 2 is 1.95 bits per heavy atom. The Labute approximate surface area is 138 Å². The number of nitrogens with one attached hydrogen (secondary N) is 2. The van der Waals surface area contributed by atoms with Crippen LogP contribution in [0.25, 0.3) is 0 Å². The van der Waals surface area contributed by atoms with Gasteiger partial charge in [-0.2, -0.15) is 5.10 Å². The van der Waals surface area contributed by atoms with Crippen LogP contribution in [-0.4, -0.2) is 62.4 Å². The Hall–Kier alpha value is -0.380. The van der Waals surface area contributed by atoms with Gasteiger partial charge in [0.05, 0.1) is 11.9 Å². The normalized spacial score (nSPS) is 16.1. The molecule has 0 radical (unpaired) electrons. The molecule has 21 heavy (non-hydrogen) atoms. The SMILES string of the molecule is Cc1c(S(=O)(=O)NCCN2CCNCC2)cnn1C.Cl.Cl. The third-order valence-corrected chi connectivity index (χ3v) is 4.97. The summed E-state index contributed by atoms with van der Waals surface area (Å²) < 4.78 is 28.4. The zero-order valence-corrected chi connectivity index (χ0v) is 14.7. The maximum Gasteiger partial charge on any atom is 0.244 e. The van der Waals surface area contributed by atoms with Crippen LogP contribution in [0.2, 0.25) is 0 Å². The first-order valence-electron chi connectivity index (χ1n) is 6.42. The smallest absolute Gasteiger partial charge is 0.244 e. The van der Waals surface area contributed by atoms with E-state index in [2.05, 4.69) is 20.0 Å². The van der Waals surface area contributed by atoms with E-state index in [1.165, 1.54) is 6.20 Å². The number of aromatic nitrogens is 2. The van der Waals surface area contributed by atoms with Crippen molar-refractivity contribution in [3.05, 3.63) is 11.9 Å². The number of rotatable bonds is 5. The van der Waals surface area contributed by atoms with Crippen molar-refractivity contribution in [2.75, 3.05) is 39.3 Å². The first kappa shape index (κ1) is 20.6. The van der Waals surface area contributed by atoms with Crippen LogP contribution in [-0.2, 0) is 17.1 Å². The zero-order chi connectivity index (χ0) is 13.9. The Kier molecular flexibility index (Phi) is 8.76. The summed E-state index contributed by atoms with van der Waals surface area (Å²) in [6.07, 6.45) is 1.39. The van der Waals surface area contributed by atoms with Crippen LogP contribution >= 0.6 is 24.8 Å². The molecule has 2 heterocycles. The fourth-order valence-electron chi connectivity index (χ4n) is 2.09. The molecule has 0 aliphatic carbocycles. The van der Waals surface area contributed by atoms with E-state index in [1.807, 2.05) is 0 Å². The predicted molar refractivity (Wildman–Crippen MR) is 86.9 cm³/mol. The van der Waals surface area contributed by atoms with Crippen LogP contribution in [0.15, 0.2) is 11.1 Å². The van der Waals surface area contributed by atoms with Crippen molar-refractivity contribution in [2.24, 2.45) is 7.05 Å². The summed E-state index contributed by atoms with van der Waals surface area (Å²) in [6, 6.07) is 0. The summed E-state index contributed by atoms with van der Waals surface area (Å²) in [4.78, 5) is 2.50. The van der Waals surface area contributed by atoms with Gasteiger partial charge >= 0.3 is 0 Å². The lowest BCUT2D eigenvalue weighted by atomic mass is 10.3. The van der Waals surface area contributed by atoms with Crippen molar-refractivity contribution in [3.63, 3.8) is 0 Å². The lowest BCUT2D eigenvalue weighted by molar-refractivity contribution is 0.245. The summed E-state index contributed by atoms with van der Waals surface area (Å²) in [5.74, 6) is 0. The molecule has 0 bridgehead atoms. The first-order chi connectivity index (χ1) is 9.00. The molecule has 0 saturated carbocycles. The Bertz CT molecular complexity index is 529. The molecule has 2 rings (SSSR count). The van der Waals surface area contributed by atoms with Crippen LogP contribution < -0.4 is 10.0 Å². The summed E-state index contributed by atoms with van der Waals surface area (Å²) >= 11 is 0. The predicted octanol–water partition coefficient (Wildman–Crippen LogP) is -0.244. The summed E-state index contributed by atoms with van der Waals surface area (Å²) in [7, 11) is -1.72. The topological polar surface area (TPSA) is 79.3 Å². The molecule has 2 N–H and O–H groups in total. The van der Waals surface area contributed by atoms with Crippen LogP contribution in [0.4, 0.5) is 0 Å². The van der Waals surface area contributed by atoms with Crippen LogP contribution in [0.1, 0.15) is 5.69 Å². The molecule has 7 nitrogen and oxygen atoms in total. The van der Waals surface area contributed by atoms with Crippen molar-refractivity contribution in [1.29, 1.82) is 0 Å². The quantitative estimate of drug-likeness (QED) is 0.758. The molecule has 1 aromatic rings. The van der Waals surface area contributed by atoms with Gasteiger partial charge in [0.25, 0.3) is 0 Å². The van der Waals surface area contributed by atoms with E-state index in [-0.39, 0.29) is 29.7 Å².